The van der Waals surface area contributed by atoms with E-state index in [1.165, 1.54) is 6.07 Å². The van der Waals surface area contributed by atoms with Crippen LogP contribution < -0.4 is 5.69 Å². The van der Waals surface area contributed by atoms with Crippen molar-refractivity contribution in [3.63, 3.8) is 0 Å². The van der Waals surface area contributed by atoms with E-state index in [9.17, 15) is 9.18 Å². The topological polar surface area (TPSA) is 52.7 Å². The maximum absolute atomic E-state index is 12.0. The number of nitrogens with zero attached hydrogens (tertiary/aromatic N) is 4. The summed E-state index contributed by atoms with van der Waals surface area (Å²) >= 11 is 11.7. The molecule has 0 aliphatic rings. The number of aromatic nitrogens is 4. The molecule has 2 rings (SSSR count). The SMILES string of the molecule is O=c1n(CCCF)nnn1-c1ccc(Cl)cc1Cl. The lowest BCUT2D eigenvalue weighted by Crippen LogP contribution is -2.24. The van der Waals surface area contributed by atoms with E-state index in [0.29, 0.717) is 15.7 Å². The van der Waals surface area contributed by atoms with Crippen molar-refractivity contribution in [2.45, 2.75) is 13.0 Å². The van der Waals surface area contributed by atoms with Gasteiger partial charge in [-0.1, -0.05) is 23.2 Å². The van der Waals surface area contributed by atoms with Crippen molar-refractivity contribution in [2.75, 3.05) is 6.67 Å². The number of halogens is 3. The number of benzene rings is 1. The maximum atomic E-state index is 12.0. The molecule has 0 N–H and O–H groups in total. The second kappa shape index (κ2) is 5.49. The summed E-state index contributed by atoms with van der Waals surface area (Å²) in [5.74, 6) is 0. The maximum Gasteiger partial charge on any atom is 0.368 e. The van der Waals surface area contributed by atoms with Gasteiger partial charge in [-0.05, 0) is 35.0 Å². The lowest BCUT2D eigenvalue weighted by atomic mass is 10.3. The first-order chi connectivity index (χ1) is 8.63. The number of tetrazole rings is 1. The molecule has 1 aromatic heterocycles. The molecule has 1 heterocycles. The normalized spacial score (nSPS) is 10.8. The van der Waals surface area contributed by atoms with E-state index in [2.05, 4.69) is 10.4 Å². The van der Waals surface area contributed by atoms with Gasteiger partial charge in [-0.15, -0.1) is 0 Å². The highest BCUT2D eigenvalue weighted by atomic mass is 35.5. The van der Waals surface area contributed by atoms with Gasteiger partial charge in [0.2, 0.25) is 0 Å². The minimum absolute atomic E-state index is 0.181. The van der Waals surface area contributed by atoms with Crippen LogP contribution in [0.25, 0.3) is 5.69 Å². The van der Waals surface area contributed by atoms with Crippen molar-refractivity contribution in [1.29, 1.82) is 0 Å². The van der Waals surface area contributed by atoms with Gasteiger partial charge in [-0.25, -0.2) is 4.79 Å². The zero-order valence-corrected chi connectivity index (χ0v) is 10.7. The zero-order valence-electron chi connectivity index (χ0n) is 9.18. The first-order valence-electron chi connectivity index (χ1n) is 5.17. The molecule has 96 valence electrons. The zero-order chi connectivity index (χ0) is 13.1. The third-order valence-electron chi connectivity index (χ3n) is 2.28. The molecule has 0 atom stereocenters. The molecule has 0 amide bonds. The number of alkyl halides is 1. The van der Waals surface area contributed by atoms with Crippen molar-refractivity contribution >= 4 is 23.2 Å². The number of hydrogen-bond donors (Lipinski definition) is 0. The summed E-state index contributed by atoms with van der Waals surface area (Å²) in [7, 11) is 0. The standard InChI is InChI=1S/C10H9Cl2FN4O/c11-7-2-3-9(8(12)6-7)17-10(18)16(14-15-17)5-1-4-13/h2-3,6H,1,4-5H2. The van der Waals surface area contributed by atoms with Crippen molar-refractivity contribution in [1.82, 2.24) is 19.8 Å². The van der Waals surface area contributed by atoms with Crippen LogP contribution in [0.15, 0.2) is 23.0 Å². The molecule has 0 aliphatic carbocycles. The Balaban J connectivity index is 2.39. The highest BCUT2D eigenvalue weighted by molar-refractivity contribution is 6.35. The van der Waals surface area contributed by atoms with E-state index in [4.69, 9.17) is 23.2 Å². The average Bonchev–Trinajstić information content (AvgIpc) is 2.68. The predicted octanol–water partition coefficient (Wildman–Crippen LogP) is 2.10. The van der Waals surface area contributed by atoms with Crippen molar-refractivity contribution in [3.8, 4) is 5.69 Å². The van der Waals surface area contributed by atoms with E-state index >= 15 is 0 Å². The molecule has 1 aromatic carbocycles. The molecule has 0 fully saturated rings. The van der Waals surface area contributed by atoms with Gasteiger partial charge in [-0.2, -0.15) is 9.36 Å². The van der Waals surface area contributed by atoms with Crippen LogP contribution in [-0.4, -0.2) is 26.5 Å². The molecule has 0 saturated heterocycles. The Hall–Kier alpha value is -1.40. The minimum Gasteiger partial charge on any atom is -0.251 e. The number of hydrogen-bond acceptors (Lipinski definition) is 3. The number of rotatable bonds is 4. The largest absolute Gasteiger partial charge is 0.368 e. The molecular weight excluding hydrogens is 282 g/mol. The van der Waals surface area contributed by atoms with Gasteiger partial charge >= 0.3 is 5.69 Å². The first kappa shape index (κ1) is 13.0. The molecule has 5 nitrogen and oxygen atoms in total. The molecule has 18 heavy (non-hydrogen) atoms. The Bertz CT molecular complexity index is 610. The van der Waals surface area contributed by atoms with Crippen molar-refractivity contribution < 1.29 is 4.39 Å². The summed E-state index contributed by atoms with van der Waals surface area (Å²) in [6.45, 7) is -0.332. The van der Waals surface area contributed by atoms with Gasteiger partial charge in [-0.3, -0.25) is 4.39 Å². The summed E-state index contributed by atoms with van der Waals surface area (Å²) < 4.78 is 14.2. The van der Waals surface area contributed by atoms with Crippen LogP contribution >= 0.6 is 23.2 Å². The molecule has 0 bridgehead atoms. The Kier molecular flexibility index (Phi) is 3.98. The van der Waals surface area contributed by atoms with Crippen LogP contribution in [0.3, 0.4) is 0 Å². The summed E-state index contributed by atoms with van der Waals surface area (Å²) in [6.07, 6.45) is 0.215. The van der Waals surface area contributed by atoms with Crippen molar-refractivity contribution in [3.05, 3.63) is 38.7 Å². The van der Waals surface area contributed by atoms with Crippen molar-refractivity contribution in [2.24, 2.45) is 0 Å². The smallest absolute Gasteiger partial charge is 0.251 e. The van der Waals surface area contributed by atoms with Gasteiger partial charge in [0.15, 0.2) is 0 Å². The second-order valence-electron chi connectivity index (χ2n) is 3.53. The predicted molar refractivity (Wildman–Crippen MR) is 66.2 cm³/mol. The summed E-state index contributed by atoms with van der Waals surface area (Å²) in [6, 6.07) is 4.67. The van der Waals surface area contributed by atoms with Crippen LogP contribution in [-0.2, 0) is 6.54 Å². The Labute approximate surface area is 112 Å². The third-order valence-corrected chi connectivity index (χ3v) is 2.82. The molecule has 0 saturated carbocycles. The highest BCUT2D eigenvalue weighted by Crippen LogP contribution is 2.22. The molecule has 0 unspecified atom stereocenters. The summed E-state index contributed by atoms with van der Waals surface area (Å²) in [5, 5.41) is 8.10. The second-order valence-corrected chi connectivity index (χ2v) is 4.38. The van der Waals surface area contributed by atoms with Gasteiger partial charge in [0.05, 0.1) is 23.9 Å². The average molecular weight is 291 g/mol. The van der Waals surface area contributed by atoms with Gasteiger partial charge < -0.3 is 0 Å². The summed E-state index contributed by atoms with van der Waals surface area (Å²) in [5.41, 5.74) is -0.0785. The van der Waals surface area contributed by atoms with Crippen LogP contribution in [0.2, 0.25) is 10.0 Å². The van der Waals surface area contributed by atoms with E-state index in [1.807, 2.05) is 0 Å². The quantitative estimate of drug-likeness (QED) is 0.866. The molecule has 0 aliphatic heterocycles. The van der Waals surface area contributed by atoms with E-state index in [-0.39, 0.29) is 13.0 Å². The monoisotopic (exact) mass is 290 g/mol. The summed E-state index contributed by atoms with van der Waals surface area (Å²) in [4.78, 5) is 11.9. The number of aryl methyl sites for hydroxylation is 1. The Morgan fingerprint density at radius 2 is 2.06 bits per heavy atom. The fourth-order valence-electron chi connectivity index (χ4n) is 1.43. The Morgan fingerprint density at radius 3 is 2.72 bits per heavy atom. The van der Waals surface area contributed by atoms with Gasteiger partial charge in [0.1, 0.15) is 0 Å². The van der Waals surface area contributed by atoms with Crippen LogP contribution in [0, 0.1) is 0 Å². The highest BCUT2D eigenvalue weighted by Gasteiger charge is 2.11. The molecule has 8 heteroatoms. The van der Waals surface area contributed by atoms with Gasteiger partial charge in [0, 0.05) is 5.02 Å². The van der Waals surface area contributed by atoms with E-state index in [0.717, 1.165) is 9.36 Å². The minimum atomic E-state index is -0.513. The lowest BCUT2D eigenvalue weighted by molar-refractivity contribution is 0.427. The van der Waals surface area contributed by atoms with Crippen LogP contribution in [0.5, 0.6) is 0 Å². The Morgan fingerprint density at radius 1 is 1.28 bits per heavy atom. The third kappa shape index (κ3) is 2.54. The molecule has 0 radical (unpaired) electrons. The van der Waals surface area contributed by atoms with Gasteiger partial charge in [0.25, 0.3) is 0 Å². The van der Waals surface area contributed by atoms with E-state index in [1.54, 1.807) is 12.1 Å². The molecular formula is C10H9Cl2FN4O. The van der Waals surface area contributed by atoms with Crippen LogP contribution in [0.1, 0.15) is 6.42 Å². The first-order valence-corrected chi connectivity index (χ1v) is 5.93. The lowest BCUT2D eigenvalue weighted by Gasteiger charge is -2.01. The van der Waals surface area contributed by atoms with E-state index < -0.39 is 12.4 Å². The fraction of sp³-hybridized carbons (Fsp3) is 0.300. The fourth-order valence-corrected chi connectivity index (χ4v) is 1.92. The molecule has 2 aromatic rings. The van der Waals surface area contributed by atoms with Crippen LogP contribution in [0.4, 0.5) is 4.39 Å². The molecule has 0 spiro atoms.